The number of halogens is 1. The predicted molar refractivity (Wildman–Crippen MR) is 88.4 cm³/mol. The topological polar surface area (TPSA) is 75.4 Å². The molecule has 1 aliphatic heterocycles. The van der Waals surface area contributed by atoms with Gasteiger partial charge in [-0.1, -0.05) is 19.8 Å². The highest BCUT2D eigenvalue weighted by Crippen LogP contribution is 2.25. The first-order chi connectivity index (χ1) is 9.67. The molecule has 1 saturated heterocycles. The van der Waals surface area contributed by atoms with Crippen LogP contribution in [0.5, 0.6) is 0 Å². The molecule has 0 aromatic rings. The molecule has 0 radical (unpaired) electrons. The maximum atomic E-state index is 12.4. The van der Waals surface area contributed by atoms with Gasteiger partial charge >= 0.3 is 0 Å². The molecular formula is C14H26ClN3O2S. The Balaban J connectivity index is 0.00000220. The monoisotopic (exact) mass is 335 g/mol. The summed E-state index contributed by atoms with van der Waals surface area (Å²) in [4.78, 5) is 26.0. The van der Waals surface area contributed by atoms with Gasteiger partial charge < -0.3 is 16.0 Å². The second kappa shape index (κ2) is 8.86. The van der Waals surface area contributed by atoms with Crippen molar-refractivity contribution in [2.24, 2.45) is 11.7 Å². The zero-order valence-electron chi connectivity index (χ0n) is 12.5. The van der Waals surface area contributed by atoms with Crippen LogP contribution in [0.4, 0.5) is 0 Å². The van der Waals surface area contributed by atoms with Gasteiger partial charge in [0, 0.05) is 18.2 Å². The van der Waals surface area contributed by atoms with Gasteiger partial charge in [0.05, 0.1) is 5.88 Å². The van der Waals surface area contributed by atoms with E-state index in [-0.39, 0.29) is 36.3 Å². The normalized spacial score (nSPS) is 28.9. The molecule has 2 amide bonds. The lowest BCUT2D eigenvalue weighted by molar-refractivity contribution is -0.138. The van der Waals surface area contributed by atoms with Gasteiger partial charge in [-0.2, -0.15) is 0 Å². The quantitative estimate of drug-likeness (QED) is 0.813. The molecule has 2 fully saturated rings. The van der Waals surface area contributed by atoms with Crippen LogP contribution in [-0.4, -0.2) is 47.0 Å². The molecule has 3 unspecified atom stereocenters. The molecule has 3 N–H and O–H groups in total. The Labute approximate surface area is 137 Å². The van der Waals surface area contributed by atoms with Crippen LogP contribution in [0, 0.1) is 5.92 Å². The largest absolute Gasteiger partial charge is 0.351 e. The smallest absolute Gasteiger partial charge is 0.243 e. The van der Waals surface area contributed by atoms with E-state index in [1.165, 1.54) is 6.42 Å². The average molecular weight is 336 g/mol. The van der Waals surface area contributed by atoms with Crippen molar-refractivity contribution in [2.45, 2.75) is 51.1 Å². The lowest BCUT2D eigenvalue weighted by Crippen LogP contribution is -2.52. The molecule has 0 spiro atoms. The van der Waals surface area contributed by atoms with Crippen LogP contribution < -0.4 is 11.1 Å². The molecule has 7 heteroatoms. The lowest BCUT2D eigenvalue weighted by Gasteiger charge is -2.33. The third-order valence-electron chi connectivity index (χ3n) is 4.35. The number of amides is 2. The molecular weight excluding hydrogens is 310 g/mol. The molecule has 1 saturated carbocycles. The van der Waals surface area contributed by atoms with E-state index >= 15 is 0 Å². The van der Waals surface area contributed by atoms with Gasteiger partial charge in [0.1, 0.15) is 6.04 Å². The fourth-order valence-electron chi connectivity index (χ4n) is 3.07. The zero-order valence-corrected chi connectivity index (χ0v) is 14.2. The molecule has 0 aromatic carbocycles. The number of nitrogens with zero attached hydrogens (tertiary/aromatic N) is 1. The van der Waals surface area contributed by atoms with Crippen molar-refractivity contribution in [1.29, 1.82) is 0 Å². The van der Waals surface area contributed by atoms with Crippen molar-refractivity contribution in [2.75, 3.05) is 18.2 Å². The van der Waals surface area contributed by atoms with Crippen LogP contribution >= 0.6 is 24.2 Å². The fraction of sp³-hybridized carbons (Fsp3) is 0.857. The predicted octanol–water partition coefficient (Wildman–Crippen LogP) is 1.35. The minimum Gasteiger partial charge on any atom is -0.351 e. The number of nitrogens with two attached hydrogens (primary N) is 1. The third-order valence-corrected chi connectivity index (χ3v) is 5.36. The summed E-state index contributed by atoms with van der Waals surface area (Å²) in [5.74, 6) is 1.79. The van der Waals surface area contributed by atoms with Gasteiger partial charge in [-0.3, -0.25) is 9.59 Å². The summed E-state index contributed by atoms with van der Waals surface area (Å²) in [5, 5.41) is 3.14. The van der Waals surface area contributed by atoms with E-state index in [0.29, 0.717) is 30.5 Å². The Morgan fingerprint density at radius 1 is 1.33 bits per heavy atom. The number of thioether (sulfide) groups is 1. The minimum atomic E-state index is -0.298. The Morgan fingerprint density at radius 3 is 2.71 bits per heavy atom. The second-order valence-corrected chi connectivity index (χ2v) is 6.63. The molecule has 2 rings (SSSR count). The number of hydrogen-bond donors (Lipinski definition) is 2. The van der Waals surface area contributed by atoms with Crippen molar-refractivity contribution in [3.8, 4) is 0 Å². The van der Waals surface area contributed by atoms with Gasteiger partial charge in [-0.05, 0) is 25.3 Å². The van der Waals surface area contributed by atoms with Crippen molar-refractivity contribution < 1.29 is 9.59 Å². The highest BCUT2D eigenvalue weighted by Gasteiger charge is 2.36. The van der Waals surface area contributed by atoms with Crippen molar-refractivity contribution in [1.82, 2.24) is 10.2 Å². The van der Waals surface area contributed by atoms with E-state index < -0.39 is 0 Å². The number of carbonyl (C=O) groups is 2. The van der Waals surface area contributed by atoms with Crippen LogP contribution in [0.2, 0.25) is 0 Å². The van der Waals surface area contributed by atoms with Crippen molar-refractivity contribution in [3.63, 3.8) is 0 Å². The van der Waals surface area contributed by atoms with Gasteiger partial charge in [0.2, 0.25) is 11.8 Å². The minimum absolute atomic E-state index is 0. The number of carbonyl (C=O) groups excluding carboxylic acids is 2. The van der Waals surface area contributed by atoms with Gasteiger partial charge in [0.25, 0.3) is 0 Å². The highest BCUT2D eigenvalue weighted by atomic mass is 35.5. The maximum Gasteiger partial charge on any atom is 0.243 e. The van der Waals surface area contributed by atoms with Crippen LogP contribution in [0.15, 0.2) is 0 Å². The standard InChI is InChI=1S/C14H25N3O2S.ClH/c1-2-13(18)17-9-20-8-12(17)14(19)16-11-6-4-3-5-10(11)7-15;/h10-12H,2-9,15H2,1H3,(H,16,19);1H. The average Bonchev–Trinajstić information content (AvgIpc) is 2.96. The molecule has 1 aliphatic carbocycles. The van der Waals surface area contributed by atoms with Crippen LogP contribution in [0.25, 0.3) is 0 Å². The fourth-order valence-corrected chi connectivity index (χ4v) is 4.25. The second-order valence-electron chi connectivity index (χ2n) is 5.63. The maximum absolute atomic E-state index is 12.4. The third kappa shape index (κ3) is 4.50. The van der Waals surface area contributed by atoms with Gasteiger partial charge in [0.15, 0.2) is 0 Å². The molecule has 1 heterocycles. The zero-order chi connectivity index (χ0) is 14.5. The number of hydrogen-bond acceptors (Lipinski definition) is 4. The first kappa shape index (κ1) is 18.6. The Morgan fingerprint density at radius 2 is 2.05 bits per heavy atom. The Kier molecular flexibility index (Phi) is 7.84. The molecule has 122 valence electrons. The Bertz CT molecular complexity index is 370. The molecule has 21 heavy (non-hydrogen) atoms. The lowest BCUT2D eigenvalue weighted by atomic mass is 9.84. The van der Waals surface area contributed by atoms with Crippen LogP contribution in [0.1, 0.15) is 39.0 Å². The van der Waals surface area contributed by atoms with Crippen molar-refractivity contribution in [3.05, 3.63) is 0 Å². The molecule has 3 atom stereocenters. The summed E-state index contributed by atoms with van der Waals surface area (Å²) in [6.45, 7) is 2.47. The van der Waals surface area contributed by atoms with E-state index in [4.69, 9.17) is 5.73 Å². The summed E-state index contributed by atoms with van der Waals surface area (Å²) < 4.78 is 0. The highest BCUT2D eigenvalue weighted by molar-refractivity contribution is 7.99. The van der Waals surface area contributed by atoms with Gasteiger partial charge in [-0.15, -0.1) is 24.2 Å². The number of nitrogens with one attached hydrogen (secondary N) is 1. The summed E-state index contributed by atoms with van der Waals surface area (Å²) in [7, 11) is 0. The van der Waals surface area contributed by atoms with E-state index in [9.17, 15) is 9.59 Å². The first-order valence-corrected chi connectivity index (χ1v) is 8.70. The summed E-state index contributed by atoms with van der Waals surface area (Å²) >= 11 is 1.65. The number of rotatable bonds is 4. The molecule has 2 aliphatic rings. The van der Waals surface area contributed by atoms with E-state index in [1.54, 1.807) is 16.7 Å². The van der Waals surface area contributed by atoms with E-state index in [0.717, 1.165) is 19.3 Å². The van der Waals surface area contributed by atoms with E-state index in [2.05, 4.69) is 5.32 Å². The summed E-state index contributed by atoms with van der Waals surface area (Å²) in [5.41, 5.74) is 5.80. The summed E-state index contributed by atoms with van der Waals surface area (Å²) in [6, 6.07) is -0.113. The van der Waals surface area contributed by atoms with Gasteiger partial charge in [-0.25, -0.2) is 0 Å². The van der Waals surface area contributed by atoms with Crippen molar-refractivity contribution >= 4 is 36.0 Å². The first-order valence-electron chi connectivity index (χ1n) is 7.55. The van der Waals surface area contributed by atoms with Crippen LogP contribution in [0.3, 0.4) is 0 Å². The Hall–Kier alpha value is -0.460. The van der Waals surface area contributed by atoms with E-state index in [1.807, 2.05) is 6.92 Å². The summed E-state index contributed by atoms with van der Waals surface area (Å²) in [6.07, 6.45) is 4.92. The molecule has 5 nitrogen and oxygen atoms in total. The SMILES string of the molecule is CCC(=O)N1CSCC1C(=O)NC1CCCCC1CN.Cl. The molecule has 0 aromatic heterocycles. The molecule has 0 bridgehead atoms. The van der Waals surface area contributed by atoms with Crippen LogP contribution in [-0.2, 0) is 9.59 Å².